The molecule has 0 radical (unpaired) electrons. The zero-order valence-electron chi connectivity index (χ0n) is 11.0. The lowest BCUT2D eigenvalue weighted by atomic mass is 10.1. The number of carboxylic acid groups (broad SMARTS) is 1. The van der Waals surface area contributed by atoms with E-state index in [1.807, 2.05) is 0 Å². The lowest BCUT2D eigenvalue weighted by molar-refractivity contribution is 0.0695. The van der Waals surface area contributed by atoms with Gasteiger partial charge in [-0.3, -0.25) is 0 Å². The molecule has 1 aromatic rings. The molecule has 0 spiro atoms. The van der Waals surface area contributed by atoms with E-state index in [2.05, 4.69) is 0 Å². The van der Waals surface area contributed by atoms with Gasteiger partial charge in [0.2, 0.25) is 10.0 Å². The summed E-state index contributed by atoms with van der Waals surface area (Å²) in [6.45, 7) is 0.291. The summed E-state index contributed by atoms with van der Waals surface area (Å²) in [7, 11) is -3.96. The van der Waals surface area contributed by atoms with Crippen LogP contribution in [0.5, 0.6) is 0 Å². The van der Waals surface area contributed by atoms with E-state index in [4.69, 9.17) is 15.3 Å². The molecule has 0 aromatic heterocycles. The molecule has 112 valence electrons. The molecule has 0 fully saturated rings. The molecule has 0 bridgehead atoms. The molecule has 8 heteroatoms. The summed E-state index contributed by atoms with van der Waals surface area (Å²) in [5.74, 6) is -1.21. The van der Waals surface area contributed by atoms with Crippen molar-refractivity contribution in [3.63, 3.8) is 0 Å². The van der Waals surface area contributed by atoms with Crippen LogP contribution in [0.1, 0.15) is 15.9 Å². The molecule has 0 saturated carbocycles. The number of rotatable bonds is 7. The van der Waals surface area contributed by atoms with E-state index in [0.29, 0.717) is 0 Å². The van der Waals surface area contributed by atoms with E-state index in [-0.39, 0.29) is 29.1 Å². The van der Waals surface area contributed by atoms with Gasteiger partial charge in [-0.05, 0) is 24.6 Å². The summed E-state index contributed by atoms with van der Waals surface area (Å²) in [5.41, 5.74) is 0.0277. The largest absolute Gasteiger partial charge is 0.478 e. The van der Waals surface area contributed by atoms with Crippen molar-refractivity contribution in [3.8, 4) is 0 Å². The first-order valence-electron chi connectivity index (χ1n) is 5.91. The summed E-state index contributed by atoms with van der Waals surface area (Å²) < 4.78 is 25.8. The van der Waals surface area contributed by atoms with E-state index < -0.39 is 29.2 Å². The lowest BCUT2D eigenvalue weighted by Gasteiger charge is -2.21. The highest BCUT2D eigenvalue weighted by Gasteiger charge is 2.27. The highest BCUT2D eigenvalue weighted by molar-refractivity contribution is 7.89. The van der Waals surface area contributed by atoms with Crippen molar-refractivity contribution < 1.29 is 28.5 Å². The molecule has 0 aliphatic heterocycles. The predicted octanol–water partition coefficient (Wildman–Crippen LogP) is -0.331. The molecular formula is C12H17NO6S. The van der Waals surface area contributed by atoms with Crippen molar-refractivity contribution in [1.82, 2.24) is 4.31 Å². The number of benzene rings is 1. The van der Waals surface area contributed by atoms with E-state index in [1.165, 1.54) is 25.1 Å². The Kier molecular flexibility index (Phi) is 5.63. The van der Waals surface area contributed by atoms with Gasteiger partial charge in [0.25, 0.3) is 0 Å². The summed E-state index contributed by atoms with van der Waals surface area (Å²) in [4.78, 5) is 10.9. The summed E-state index contributed by atoms with van der Waals surface area (Å²) in [5, 5.41) is 26.8. The van der Waals surface area contributed by atoms with Gasteiger partial charge >= 0.3 is 5.97 Å². The number of hydrogen-bond acceptors (Lipinski definition) is 5. The number of carboxylic acids is 1. The zero-order chi connectivity index (χ0) is 15.3. The van der Waals surface area contributed by atoms with Crippen molar-refractivity contribution >= 4 is 16.0 Å². The molecule has 7 nitrogen and oxygen atoms in total. The van der Waals surface area contributed by atoms with Gasteiger partial charge in [-0.1, -0.05) is 6.07 Å². The average Bonchev–Trinajstić information content (AvgIpc) is 2.38. The minimum Gasteiger partial charge on any atom is -0.478 e. The maximum atomic E-state index is 12.4. The molecule has 0 amide bonds. The highest BCUT2D eigenvalue weighted by Crippen LogP contribution is 2.22. The summed E-state index contributed by atoms with van der Waals surface area (Å²) >= 11 is 0. The fourth-order valence-corrected chi connectivity index (χ4v) is 3.51. The van der Waals surface area contributed by atoms with E-state index in [0.717, 1.165) is 4.31 Å². The number of sulfonamides is 1. The van der Waals surface area contributed by atoms with E-state index >= 15 is 0 Å². The van der Waals surface area contributed by atoms with Crippen molar-refractivity contribution in [2.24, 2.45) is 0 Å². The second kappa shape index (κ2) is 6.80. The second-order valence-corrected chi connectivity index (χ2v) is 5.99. The van der Waals surface area contributed by atoms with Gasteiger partial charge in [-0.2, -0.15) is 4.31 Å². The maximum absolute atomic E-state index is 12.4. The Morgan fingerprint density at radius 2 is 1.75 bits per heavy atom. The van der Waals surface area contributed by atoms with Gasteiger partial charge in [-0.15, -0.1) is 0 Å². The molecule has 0 saturated heterocycles. The Labute approximate surface area is 117 Å². The second-order valence-electron chi connectivity index (χ2n) is 4.09. The van der Waals surface area contributed by atoms with Crippen LogP contribution in [-0.2, 0) is 10.0 Å². The van der Waals surface area contributed by atoms with E-state index in [9.17, 15) is 13.2 Å². The van der Waals surface area contributed by atoms with E-state index in [1.54, 1.807) is 0 Å². The molecule has 0 atom stereocenters. The quantitative estimate of drug-likeness (QED) is 0.635. The smallest absolute Gasteiger partial charge is 0.335 e. The third kappa shape index (κ3) is 3.34. The third-order valence-electron chi connectivity index (χ3n) is 2.83. The molecular weight excluding hydrogens is 286 g/mol. The van der Waals surface area contributed by atoms with Crippen molar-refractivity contribution in [2.75, 3.05) is 26.3 Å². The van der Waals surface area contributed by atoms with Crippen LogP contribution in [0.4, 0.5) is 0 Å². The average molecular weight is 303 g/mol. The highest BCUT2D eigenvalue weighted by atomic mass is 32.2. The van der Waals surface area contributed by atoms with Crippen LogP contribution in [0, 0.1) is 6.92 Å². The monoisotopic (exact) mass is 303 g/mol. The van der Waals surface area contributed by atoms with Gasteiger partial charge in [0.05, 0.1) is 23.7 Å². The van der Waals surface area contributed by atoms with Crippen LogP contribution in [0.25, 0.3) is 0 Å². The minimum absolute atomic E-state index is 0.0981. The lowest BCUT2D eigenvalue weighted by Crippen LogP contribution is -2.36. The van der Waals surface area contributed by atoms with Gasteiger partial charge < -0.3 is 15.3 Å². The van der Waals surface area contributed by atoms with Gasteiger partial charge in [-0.25, -0.2) is 13.2 Å². The molecule has 1 aromatic carbocycles. The molecule has 20 heavy (non-hydrogen) atoms. The predicted molar refractivity (Wildman–Crippen MR) is 71.1 cm³/mol. The van der Waals surface area contributed by atoms with Crippen molar-refractivity contribution in [3.05, 3.63) is 29.3 Å². The van der Waals surface area contributed by atoms with Crippen LogP contribution < -0.4 is 0 Å². The number of aliphatic hydroxyl groups excluding tert-OH is 2. The molecule has 3 N–H and O–H groups in total. The van der Waals surface area contributed by atoms with Crippen molar-refractivity contribution in [2.45, 2.75) is 11.8 Å². The number of aliphatic hydroxyl groups is 2. The topological polar surface area (TPSA) is 115 Å². The number of nitrogens with zero attached hydrogens (tertiary/aromatic N) is 1. The molecule has 0 aliphatic carbocycles. The Morgan fingerprint density at radius 1 is 1.20 bits per heavy atom. The van der Waals surface area contributed by atoms with Gasteiger partial charge in [0, 0.05) is 13.1 Å². The van der Waals surface area contributed by atoms with Gasteiger partial charge in [0.15, 0.2) is 0 Å². The summed E-state index contributed by atoms with van der Waals surface area (Å²) in [6, 6.07) is 3.97. The molecule has 0 aliphatic rings. The Morgan fingerprint density at radius 3 is 2.20 bits per heavy atom. The Bertz CT molecular complexity index is 578. The first-order chi connectivity index (χ1) is 9.36. The number of aromatic carboxylic acids is 1. The Hall–Kier alpha value is -1.48. The SMILES string of the molecule is Cc1c(C(=O)O)cccc1S(=O)(=O)N(CCO)CCO. The van der Waals surface area contributed by atoms with Crippen LogP contribution >= 0.6 is 0 Å². The summed E-state index contributed by atoms with van der Waals surface area (Å²) in [6.07, 6.45) is 0. The van der Waals surface area contributed by atoms with Crippen LogP contribution in [0.2, 0.25) is 0 Å². The zero-order valence-corrected chi connectivity index (χ0v) is 11.8. The standard InChI is InChI=1S/C12H17NO6S/c1-9-10(12(16)17)3-2-4-11(9)20(18,19)13(5-7-14)6-8-15/h2-4,14-15H,5-8H2,1H3,(H,16,17). The normalized spacial score (nSPS) is 11.8. The van der Waals surface area contributed by atoms with Crippen LogP contribution in [-0.4, -0.2) is 60.3 Å². The number of hydrogen-bond donors (Lipinski definition) is 3. The molecule has 1 rings (SSSR count). The van der Waals surface area contributed by atoms with Crippen LogP contribution in [0.3, 0.4) is 0 Å². The first-order valence-corrected chi connectivity index (χ1v) is 7.35. The van der Waals surface area contributed by atoms with Gasteiger partial charge in [0.1, 0.15) is 0 Å². The van der Waals surface area contributed by atoms with Crippen molar-refractivity contribution in [1.29, 1.82) is 0 Å². The fourth-order valence-electron chi connectivity index (χ4n) is 1.84. The first kappa shape index (κ1) is 16.6. The Balaban J connectivity index is 3.34. The molecule has 0 heterocycles. The maximum Gasteiger partial charge on any atom is 0.335 e. The third-order valence-corrected chi connectivity index (χ3v) is 4.87. The fraction of sp³-hybridized carbons (Fsp3) is 0.417. The number of carbonyl (C=O) groups is 1. The minimum atomic E-state index is -3.96. The molecule has 0 unspecified atom stereocenters. The van der Waals surface area contributed by atoms with Crippen LogP contribution in [0.15, 0.2) is 23.1 Å².